The molecule has 1 aromatic carbocycles. The minimum atomic E-state index is -0.223. The van der Waals surface area contributed by atoms with Crippen molar-refractivity contribution in [3.63, 3.8) is 0 Å². The van der Waals surface area contributed by atoms with Crippen LogP contribution in [0, 0.1) is 13.8 Å². The molecule has 2 amide bonds. The lowest BCUT2D eigenvalue weighted by atomic mass is 10.1. The lowest BCUT2D eigenvalue weighted by Crippen LogP contribution is -2.41. The number of aryl methyl sites for hydroxylation is 2. The first-order chi connectivity index (χ1) is 12.0. The SMILES string of the molecule is Cc1cc(C(=O)Nc2ccc(C)c(C(=O)N3CCOCC3)c2)ccn1. The minimum absolute atomic E-state index is 0.0309. The summed E-state index contributed by atoms with van der Waals surface area (Å²) in [5.41, 5.74) is 3.40. The maximum absolute atomic E-state index is 12.7. The van der Waals surface area contributed by atoms with Crippen LogP contribution >= 0.6 is 0 Å². The quantitative estimate of drug-likeness (QED) is 0.932. The Morgan fingerprint density at radius 3 is 2.60 bits per heavy atom. The second-order valence-corrected chi connectivity index (χ2v) is 6.07. The highest BCUT2D eigenvalue weighted by Gasteiger charge is 2.20. The summed E-state index contributed by atoms with van der Waals surface area (Å²) in [6, 6.07) is 8.77. The minimum Gasteiger partial charge on any atom is -0.378 e. The van der Waals surface area contributed by atoms with Gasteiger partial charge in [-0.1, -0.05) is 6.07 Å². The maximum Gasteiger partial charge on any atom is 0.255 e. The number of ether oxygens (including phenoxy) is 1. The summed E-state index contributed by atoms with van der Waals surface area (Å²) in [4.78, 5) is 31.0. The molecule has 6 nitrogen and oxygen atoms in total. The number of morpholine rings is 1. The van der Waals surface area contributed by atoms with Gasteiger partial charge in [-0.05, 0) is 43.7 Å². The second-order valence-electron chi connectivity index (χ2n) is 6.07. The number of hydrogen-bond donors (Lipinski definition) is 1. The maximum atomic E-state index is 12.7. The fourth-order valence-electron chi connectivity index (χ4n) is 2.76. The average Bonchev–Trinajstić information content (AvgIpc) is 2.63. The number of nitrogens with zero attached hydrogens (tertiary/aromatic N) is 2. The first kappa shape index (κ1) is 17.1. The van der Waals surface area contributed by atoms with Crippen LogP contribution in [0.3, 0.4) is 0 Å². The van der Waals surface area contributed by atoms with E-state index in [0.717, 1.165) is 11.3 Å². The van der Waals surface area contributed by atoms with Gasteiger partial charge in [0.05, 0.1) is 13.2 Å². The summed E-state index contributed by atoms with van der Waals surface area (Å²) < 4.78 is 5.29. The normalized spacial score (nSPS) is 14.2. The van der Waals surface area contributed by atoms with Crippen LogP contribution in [-0.4, -0.2) is 48.0 Å². The summed E-state index contributed by atoms with van der Waals surface area (Å²) in [6.07, 6.45) is 1.60. The van der Waals surface area contributed by atoms with Crippen molar-refractivity contribution in [3.8, 4) is 0 Å². The highest BCUT2D eigenvalue weighted by molar-refractivity contribution is 6.05. The first-order valence-corrected chi connectivity index (χ1v) is 8.26. The van der Waals surface area contributed by atoms with Crippen molar-refractivity contribution in [2.24, 2.45) is 0 Å². The van der Waals surface area contributed by atoms with Crippen molar-refractivity contribution < 1.29 is 14.3 Å². The van der Waals surface area contributed by atoms with Crippen LogP contribution in [0.1, 0.15) is 32.0 Å². The molecule has 0 bridgehead atoms. The van der Waals surface area contributed by atoms with E-state index in [9.17, 15) is 9.59 Å². The Morgan fingerprint density at radius 1 is 1.12 bits per heavy atom. The van der Waals surface area contributed by atoms with Crippen LogP contribution < -0.4 is 5.32 Å². The van der Waals surface area contributed by atoms with Crippen molar-refractivity contribution in [2.45, 2.75) is 13.8 Å². The monoisotopic (exact) mass is 339 g/mol. The topological polar surface area (TPSA) is 71.5 Å². The van der Waals surface area contributed by atoms with E-state index in [1.807, 2.05) is 19.9 Å². The van der Waals surface area contributed by atoms with Crippen molar-refractivity contribution in [1.29, 1.82) is 0 Å². The van der Waals surface area contributed by atoms with E-state index in [-0.39, 0.29) is 11.8 Å². The van der Waals surface area contributed by atoms with E-state index in [2.05, 4.69) is 10.3 Å². The zero-order chi connectivity index (χ0) is 17.8. The third-order valence-electron chi connectivity index (χ3n) is 4.18. The zero-order valence-electron chi connectivity index (χ0n) is 14.4. The molecule has 0 atom stereocenters. The van der Waals surface area contributed by atoms with Gasteiger partial charge >= 0.3 is 0 Å². The molecule has 2 heterocycles. The van der Waals surface area contributed by atoms with Gasteiger partial charge in [0.1, 0.15) is 0 Å². The third-order valence-corrected chi connectivity index (χ3v) is 4.18. The number of rotatable bonds is 3. The van der Waals surface area contributed by atoms with Gasteiger partial charge in [0.2, 0.25) is 0 Å². The number of anilines is 1. The number of hydrogen-bond acceptors (Lipinski definition) is 4. The molecule has 25 heavy (non-hydrogen) atoms. The van der Waals surface area contributed by atoms with E-state index in [4.69, 9.17) is 4.74 Å². The number of pyridine rings is 1. The number of amides is 2. The molecule has 2 aromatic rings. The molecule has 0 unspecified atom stereocenters. The van der Waals surface area contributed by atoms with Gasteiger partial charge in [0.15, 0.2) is 0 Å². The second kappa shape index (κ2) is 7.44. The predicted octanol–water partition coefficient (Wildman–Crippen LogP) is 2.42. The van der Waals surface area contributed by atoms with Gasteiger partial charge < -0.3 is 15.0 Å². The van der Waals surface area contributed by atoms with E-state index in [1.54, 1.807) is 35.4 Å². The molecule has 3 rings (SSSR count). The molecule has 1 aliphatic heterocycles. The number of aromatic nitrogens is 1. The summed E-state index contributed by atoms with van der Waals surface area (Å²) in [7, 11) is 0. The van der Waals surface area contributed by atoms with Crippen molar-refractivity contribution in [1.82, 2.24) is 9.88 Å². The van der Waals surface area contributed by atoms with Crippen molar-refractivity contribution >= 4 is 17.5 Å². The van der Waals surface area contributed by atoms with E-state index in [1.165, 1.54) is 0 Å². The average molecular weight is 339 g/mol. The van der Waals surface area contributed by atoms with Gasteiger partial charge in [0, 0.05) is 41.8 Å². The van der Waals surface area contributed by atoms with E-state index < -0.39 is 0 Å². The molecule has 1 aliphatic rings. The molecular formula is C19H21N3O3. The lowest BCUT2D eigenvalue weighted by molar-refractivity contribution is 0.0302. The molecule has 0 saturated carbocycles. The Kier molecular flexibility index (Phi) is 5.09. The summed E-state index contributed by atoms with van der Waals surface area (Å²) in [5.74, 6) is -0.254. The van der Waals surface area contributed by atoms with Gasteiger partial charge in [-0.3, -0.25) is 14.6 Å². The molecule has 0 spiro atoms. The van der Waals surface area contributed by atoms with Gasteiger partial charge in [-0.25, -0.2) is 0 Å². The van der Waals surface area contributed by atoms with E-state index in [0.29, 0.717) is 43.1 Å². The first-order valence-electron chi connectivity index (χ1n) is 8.26. The van der Waals surface area contributed by atoms with Crippen LogP contribution in [-0.2, 0) is 4.74 Å². The standard InChI is InChI=1S/C19H21N3O3/c1-13-3-4-16(21-18(23)15-5-6-20-14(2)11-15)12-17(13)19(24)22-7-9-25-10-8-22/h3-6,11-12H,7-10H2,1-2H3,(H,21,23). The van der Waals surface area contributed by atoms with E-state index >= 15 is 0 Å². The van der Waals surface area contributed by atoms with Crippen LogP contribution in [0.4, 0.5) is 5.69 Å². The van der Waals surface area contributed by atoms with Crippen LogP contribution in [0.25, 0.3) is 0 Å². The Balaban J connectivity index is 1.79. The molecule has 1 N–H and O–H groups in total. The molecular weight excluding hydrogens is 318 g/mol. The fraction of sp³-hybridized carbons (Fsp3) is 0.316. The summed E-state index contributed by atoms with van der Waals surface area (Å²) >= 11 is 0. The fourth-order valence-corrected chi connectivity index (χ4v) is 2.76. The lowest BCUT2D eigenvalue weighted by Gasteiger charge is -2.27. The zero-order valence-corrected chi connectivity index (χ0v) is 14.4. The number of nitrogens with one attached hydrogen (secondary N) is 1. The summed E-state index contributed by atoms with van der Waals surface area (Å²) in [5, 5.41) is 2.85. The number of benzene rings is 1. The van der Waals surface area contributed by atoms with Crippen molar-refractivity contribution in [3.05, 3.63) is 58.9 Å². The van der Waals surface area contributed by atoms with Crippen molar-refractivity contribution in [2.75, 3.05) is 31.6 Å². The molecule has 6 heteroatoms. The number of carbonyl (C=O) groups excluding carboxylic acids is 2. The Labute approximate surface area is 146 Å². The van der Waals surface area contributed by atoms with Crippen LogP contribution in [0.15, 0.2) is 36.5 Å². The smallest absolute Gasteiger partial charge is 0.255 e. The van der Waals surface area contributed by atoms with Gasteiger partial charge in [-0.15, -0.1) is 0 Å². The Bertz CT molecular complexity index is 798. The van der Waals surface area contributed by atoms with Gasteiger partial charge in [-0.2, -0.15) is 0 Å². The molecule has 0 radical (unpaired) electrons. The predicted molar refractivity (Wildman–Crippen MR) is 94.8 cm³/mol. The Hall–Kier alpha value is -2.73. The van der Waals surface area contributed by atoms with Crippen LogP contribution in [0.2, 0.25) is 0 Å². The molecule has 130 valence electrons. The highest BCUT2D eigenvalue weighted by atomic mass is 16.5. The highest BCUT2D eigenvalue weighted by Crippen LogP contribution is 2.19. The third kappa shape index (κ3) is 4.03. The molecule has 1 fully saturated rings. The largest absolute Gasteiger partial charge is 0.378 e. The molecule has 0 aliphatic carbocycles. The Morgan fingerprint density at radius 2 is 1.88 bits per heavy atom. The summed E-state index contributed by atoms with van der Waals surface area (Å²) in [6.45, 7) is 6.02. The molecule has 1 aromatic heterocycles. The number of carbonyl (C=O) groups is 2. The molecule has 1 saturated heterocycles. The van der Waals surface area contributed by atoms with Crippen LogP contribution in [0.5, 0.6) is 0 Å². The van der Waals surface area contributed by atoms with Gasteiger partial charge in [0.25, 0.3) is 11.8 Å².